The van der Waals surface area contributed by atoms with Gasteiger partial charge in [0.15, 0.2) is 0 Å². The minimum Gasteiger partial charge on any atom is -0.353 e. The Morgan fingerprint density at radius 2 is 2.27 bits per heavy atom. The van der Waals surface area contributed by atoms with Gasteiger partial charge >= 0.3 is 6.03 Å². The Hall–Kier alpha value is -2.42. The average Bonchev–Trinajstić information content (AvgIpc) is 3.13. The maximum Gasteiger partial charge on any atom is 0.350 e. The molecule has 0 aromatic carbocycles. The molecule has 0 bridgehead atoms. The van der Waals surface area contributed by atoms with E-state index in [0.29, 0.717) is 5.71 Å². The second-order valence-corrected chi connectivity index (χ2v) is 5.73. The third kappa shape index (κ3) is 2.93. The Balaban J connectivity index is 1.50. The molecule has 2 aliphatic rings. The highest BCUT2D eigenvalue weighted by atomic mass is 32.2. The molecular weight excluding hydrogens is 306 g/mol. The van der Waals surface area contributed by atoms with E-state index in [9.17, 15) is 14.4 Å². The van der Waals surface area contributed by atoms with Gasteiger partial charge in [0.25, 0.3) is 0 Å². The lowest BCUT2D eigenvalue weighted by Crippen LogP contribution is -2.49. The summed E-state index contributed by atoms with van der Waals surface area (Å²) in [5, 5.41) is 3.99. The van der Waals surface area contributed by atoms with Gasteiger partial charge in [-0.25, -0.2) is 9.78 Å². The molecule has 1 unspecified atom stereocenters. The predicted molar refractivity (Wildman–Crippen MR) is 80.3 cm³/mol. The molecule has 0 saturated heterocycles. The van der Waals surface area contributed by atoms with Crippen LogP contribution in [0, 0.1) is 0 Å². The Morgan fingerprint density at radius 3 is 3.05 bits per heavy atom. The fraction of sp³-hybridized carbons (Fsp3) is 0.308. The first-order chi connectivity index (χ1) is 10.6. The number of allylic oxidation sites excluding steroid dienone is 1. The summed E-state index contributed by atoms with van der Waals surface area (Å²) in [6, 6.07) is -0.577. The minimum absolute atomic E-state index is 0.112. The highest BCUT2D eigenvalue weighted by Crippen LogP contribution is 2.27. The van der Waals surface area contributed by atoms with Crippen molar-refractivity contribution >= 4 is 35.3 Å². The van der Waals surface area contributed by atoms with Gasteiger partial charge in [0.1, 0.15) is 11.8 Å². The van der Waals surface area contributed by atoms with E-state index >= 15 is 0 Å². The maximum atomic E-state index is 12.2. The van der Waals surface area contributed by atoms with Crippen molar-refractivity contribution in [1.82, 2.24) is 19.8 Å². The topological polar surface area (TPSA) is 96.7 Å². The number of thioether (sulfide) groups is 1. The number of imidazole rings is 1. The molecule has 22 heavy (non-hydrogen) atoms. The van der Waals surface area contributed by atoms with E-state index < -0.39 is 11.3 Å². The van der Waals surface area contributed by atoms with Crippen LogP contribution in [0.25, 0.3) is 0 Å². The van der Waals surface area contributed by atoms with E-state index in [2.05, 4.69) is 15.3 Å². The van der Waals surface area contributed by atoms with Crippen LogP contribution >= 0.6 is 11.8 Å². The minimum atomic E-state index is -0.577. The van der Waals surface area contributed by atoms with Crippen molar-refractivity contribution in [2.75, 3.05) is 13.1 Å². The molecule has 1 N–H and O–H groups in total. The number of nitrogens with zero attached hydrogens (tertiary/aromatic N) is 4. The summed E-state index contributed by atoms with van der Waals surface area (Å²) in [4.78, 5) is 44.5. The Bertz CT molecular complexity index is 667. The molecular formula is C13H13N5O3S. The van der Waals surface area contributed by atoms with E-state index in [1.54, 1.807) is 28.4 Å². The molecule has 4 amide bonds. The molecule has 8 nitrogen and oxygen atoms in total. The van der Waals surface area contributed by atoms with Crippen molar-refractivity contribution < 1.29 is 14.4 Å². The van der Waals surface area contributed by atoms with Gasteiger partial charge in [-0.05, 0) is 11.5 Å². The van der Waals surface area contributed by atoms with Crippen LogP contribution in [0.3, 0.4) is 0 Å². The van der Waals surface area contributed by atoms with Crippen molar-refractivity contribution in [2.45, 2.75) is 11.8 Å². The summed E-state index contributed by atoms with van der Waals surface area (Å²) in [5.41, 5.74) is 0.500. The summed E-state index contributed by atoms with van der Waals surface area (Å²) in [6.45, 7) is 0.453. The summed E-state index contributed by atoms with van der Waals surface area (Å²) in [6.07, 6.45) is 6.48. The summed E-state index contributed by atoms with van der Waals surface area (Å²) in [5.74, 6) is -0.495. The number of nitrogens with one attached hydrogen (secondary N) is 1. The number of hydrogen-bond donors (Lipinski definition) is 1. The lowest BCUT2D eigenvalue weighted by Gasteiger charge is -2.25. The maximum absolute atomic E-state index is 12.2. The van der Waals surface area contributed by atoms with Gasteiger partial charge in [-0.2, -0.15) is 4.99 Å². The molecule has 0 aliphatic carbocycles. The van der Waals surface area contributed by atoms with Crippen LogP contribution in [-0.4, -0.2) is 56.3 Å². The van der Waals surface area contributed by atoms with Crippen LogP contribution in [0.4, 0.5) is 4.79 Å². The number of imide groups is 1. The second kappa shape index (κ2) is 6.14. The van der Waals surface area contributed by atoms with E-state index in [1.807, 2.05) is 0 Å². The van der Waals surface area contributed by atoms with Gasteiger partial charge in [-0.1, -0.05) is 0 Å². The molecule has 0 fully saturated rings. The second-order valence-electron chi connectivity index (χ2n) is 4.71. The molecule has 9 heteroatoms. The standard InChI is InChI=1S/C13H13N5O3S/c19-10(7-17-4-2-14-8-17)15-3-5-18-12(20)11-9(1-6-22-11)16-13(18)21/h1-2,4,6,8,11H,3,5,7H2,(H,15,19). The van der Waals surface area contributed by atoms with Crippen molar-refractivity contribution in [3.05, 3.63) is 30.2 Å². The van der Waals surface area contributed by atoms with Crippen molar-refractivity contribution in [3.63, 3.8) is 0 Å². The normalized spacial score (nSPS) is 20.1. The molecule has 0 saturated carbocycles. The highest BCUT2D eigenvalue weighted by molar-refractivity contribution is 8.04. The van der Waals surface area contributed by atoms with Crippen LogP contribution in [0.2, 0.25) is 0 Å². The van der Waals surface area contributed by atoms with E-state index in [1.165, 1.54) is 18.1 Å². The van der Waals surface area contributed by atoms with Gasteiger partial charge in [0, 0.05) is 25.5 Å². The number of carbonyl (C=O) groups is 3. The lowest BCUT2D eigenvalue weighted by atomic mass is 10.2. The number of amides is 4. The van der Waals surface area contributed by atoms with Gasteiger partial charge in [0.05, 0.1) is 12.0 Å². The van der Waals surface area contributed by atoms with Crippen LogP contribution in [0.15, 0.2) is 35.2 Å². The molecule has 1 atom stereocenters. The zero-order chi connectivity index (χ0) is 15.5. The van der Waals surface area contributed by atoms with Gasteiger partial charge in [-0.15, -0.1) is 11.8 Å². The number of rotatable bonds is 5. The van der Waals surface area contributed by atoms with Crippen LogP contribution in [0.1, 0.15) is 0 Å². The Labute approximate surface area is 130 Å². The van der Waals surface area contributed by atoms with Crippen molar-refractivity contribution in [3.8, 4) is 0 Å². The van der Waals surface area contributed by atoms with Crippen LogP contribution in [-0.2, 0) is 16.1 Å². The van der Waals surface area contributed by atoms with E-state index in [-0.39, 0.29) is 31.4 Å². The molecule has 0 radical (unpaired) electrons. The van der Waals surface area contributed by atoms with Crippen LogP contribution < -0.4 is 5.32 Å². The number of hydrogen-bond acceptors (Lipinski definition) is 5. The summed E-state index contributed by atoms with van der Waals surface area (Å²) >= 11 is 1.33. The van der Waals surface area contributed by atoms with Crippen molar-refractivity contribution in [1.29, 1.82) is 0 Å². The van der Waals surface area contributed by atoms with Crippen molar-refractivity contribution in [2.24, 2.45) is 4.99 Å². The average molecular weight is 319 g/mol. The largest absolute Gasteiger partial charge is 0.353 e. The third-order valence-corrected chi connectivity index (χ3v) is 4.22. The zero-order valence-electron chi connectivity index (χ0n) is 11.5. The SMILES string of the molecule is O=C(Cn1ccnc1)NCCN1C(=O)N=C2C=CSC2C1=O. The smallest absolute Gasteiger partial charge is 0.350 e. The predicted octanol–water partition coefficient (Wildman–Crippen LogP) is 0.0316. The van der Waals surface area contributed by atoms with Gasteiger partial charge < -0.3 is 9.88 Å². The molecule has 1 aromatic rings. The summed E-state index contributed by atoms with van der Waals surface area (Å²) < 4.78 is 1.63. The number of aliphatic imine (C=N–C) groups is 1. The Morgan fingerprint density at radius 1 is 1.41 bits per heavy atom. The molecule has 0 spiro atoms. The first kappa shape index (κ1) is 14.5. The van der Waals surface area contributed by atoms with E-state index in [4.69, 9.17) is 0 Å². The summed E-state index contributed by atoms with van der Waals surface area (Å²) in [7, 11) is 0. The first-order valence-electron chi connectivity index (χ1n) is 6.63. The monoisotopic (exact) mass is 319 g/mol. The number of urea groups is 1. The molecule has 3 heterocycles. The fourth-order valence-electron chi connectivity index (χ4n) is 2.15. The quantitative estimate of drug-likeness (QED) is 0.826. The molecule has 1 aromatic heterocycles. The number of fused-ring (bicyclic) bond motifs is 1. The van der Waals surface area contributed by atoms with Gasteiger partial charge in [-0.3, -0.25) is 14.5 Å². The third-order valence-electron chi connectivity index (χ3n) is 3.21. The first-order valence-corrected chi connectivity index (χ1v) is 7.58. The van der Waals surface area contributed by atoms with E-state index in [0.717, 1.165) is 4.90 Å². The van der Waals surface area contributed by atoms with Gasteiger partial charge in [0.2, 0.25) is 11.8 Å². The molecule has 3 rings (SSSR count). The lowest BCUT2D eigenvalue weighted by molar-refractivity contribution is -0.127. The highest BCUT2D eigenvalue weighted by Gasteiger charge is 2.38. The number of aromatic nitrogens is 2. The van der Waals surface area contributed by atoms with Crippen LogP contribution in [0.5, 0.6) is 0 Å². The molecule has 2 aliphatic heterocycles. The Kier molecular flexibility index (Phi) is 4.05. The molecule has 114 valence electrons. The fourth-order valence-corrected chi connectivity index (χ4v) is 3.04. The zero-order valence-corrected chi connectivity index (χ0v) is 12.3. The number of carbonyl (C=O) groups excluding carboxylic acids is 3.